The Morgan fingerprint density at radius 1 is 0.807 bits per heavy atom. The van der Waals surface area contributed by atoms with E-state index in [1.807, 2.05) is 67.6 Å². The predicted molar refractivity (Wildman–Crippen MR) is 234 cm³/mol. The average molecular weight is 815 g/mol. The van der Waals surface area contributed by atoms with Crippen LogP contribution in [0.5, 0.6) is 5.75 Å². The Hall–Kier alpha value is -4.49. The van der Waals surface area contributed by atoms with E-state index in [4.69, 9.17) is 4.43 Å². The van der Waals surface area contributed by atoms with E-state index in [0.717, 1.165) is 22.4 Å². The van der Waals surface area contributed by atoms with Crippen molar-refractivity contribution in [2.45, 2.75) is 110 Å². The van der Waals surface area contributed by atoms with Gasteiger partial charge < -0.3 is 25.5 Å². The smallest absolute Gasteiger partial charge is 0.251 e. The van der Waals surface area contributed by atoms with E-state index in [-0.39, 0.29) is 45.6 Å². The van der Waals surface area contributed by atoms with Gasteiger partial charge in [0.2, 0.25) is 18.3 Å². The molecule has 4 rings (SSSR count). The second-order valence-electron chi connectivity index (χ2n) is 17.3. The Balaban J connectivity index is 1.60. The molecule has 0 heterocycles. The number of nitrogens with one attached hydrogen (secondary N) is 4. The molecule has 0 spiro atoms. The number of carbonyl (C=O) groups is 2. The number of carbonyl (C=O) groups excluding carboxylic acids is 2. The number of anilines is 1. The van der Waals surface area contributed by atoms with E-state index in [9.17, 15) is 23.1 Å². The van der Waals surface area contributed by atoms with Crippen LogP contribution in [0.3, 0.4) is 0 Å². The third kappa shape index (κ3) is 13.0. The Kier molecular flexibility index (Phi) is 14.9. The molecule has 308 valence electrons. The average Bonchev–Trinajstić information content (AvgIpc) is 3.14. The van der Waals surface area contributed by atoms with Crippen LogP contribution in [0.15, 0.2) is 97.1 Å². The highest BCUT2D eigenvalue weighted by Crippen LogP contribution is 2.39. The standard InChI is InChI=1S/C45H62N4O6SSi/c1-11-56(53,54)49-38-27-34(42(51)47-31(2)33-20-16-13-17-21-33)25-35(28-38)43(52)48-39(24-32-18-14-12-15-19-32)40(50)30-46-29-36-26-37(44(3,4)5)22-23-41(36)55-57(9,10)45(6,7)8/h12-23,25-28,31,39-40,46,49-50H,11,24,29-30H2,1-10H3,(H,47,51)(H,48,52)/t31-,39+,40-/m1/s1. The predicted octanol–water partition coefficient (Wildman–Crippen LogP) is 8.11. The Morgan fingerprint density at radius 2 is 1.39 bits per heavy atom. The molecule has 57 heavy (non-hydrogen) atoms. The molecule has 0 saturated heterocycles. The third-order valence-corrected chi connectivity index (χ3v) is 16.3. The monoisotopic (exact) mass is 814 g/mol. The molecular formula is C45H62N4O6SSi. The number of hydrogen-bond acceptors (Lipinski definition) is 7. The van der Waals surface area contributed by atoms with Gasteiger partial charge in [-0.3, -0.25) is 14.3 Å². The highest BCUT2D eigenvalue weighted by Gasteiger charge is 2.39. The molecule has 4 aromatic rings. The highest BCUT2D eigenvalue weighted by molar-refractivity contribution is 7.92. The summed E-state index contributed by atoms with van der Waals surface area (Å²) >= 11 is 0. The molecule has 0 unspecified atom stereocenters. The second kappa shape index (κ2) is 18.8. The van der Waals surface area contributed by atoms with Crippen LogP contribution < -0.4 is 25.1 Å². The first-order valence-electron chi connectivity index (χ1n) is 19.7. The zero-order valence-corrected chi connectivity index (χ0v) is 37.0. The molecule has 12 heteroatoms. The SMILES string of the molecule is CCS(=O)(=O)Nc1cc(C(=O)N[C@@H](Cc2ccccc2)[C@H](O)CNCc2cc(C(C)(C)C)ccc2O[Si](C)(C)C(C)(C)C)cc(C(=O)N[C@H](C)c2ccccc2)c1. The van der Waals surface area contributed by atoms with Crippen molar-refractivity contribution >= 4 is 35.8 Å². The molecule has 0 aromatic heterocycles. The number of benzene rings is 4. The molecule has 10 nitrogen and oxygen atoms in total. The van der Waals surface area contributed by atoms with Crippen molar-refractivity contribution < 1.29 is 27.5 Å². The topological polar surface area (TPSA) is 146 Å². The van der Waals surface area contributed by atoms with E-state index >= 15 is 0 Å². The van der Waals surface area contributed by atoms with Gasteiger partial charge in [0.05, 0.1) is 29.6 Å². The summed E-state index contributed by atoms with van der Waals surface area (Å²) in [6, 6.07) is 28.5. The molecule has 5 N–H and O–H groups in total. The van der Waals surface area contributed by atoms with Crippen LogP contribution in [0, 0.1) is 0 Å². The van der Waals surface area contributed by atoms with Crippen molar-refractivity contribution in [3.63, 3.8) is 0 Å². The largest absolute Gasteiger partial charge is 0.543 e. The molecule has 0 aliphatic rings. The first kappa shape index (κ1) is 45.2. The van der Waals surface area contributed by atoms with Crippen molar-refractivity contribution in [3.8, 4) is 5.75 Å². The lowest BCUT2D eigenvalue weighted by Crippen LogP contribution is -2.48. The summed E-state index contributed by atoms with van der Waals surface area (Å²) in [5.74, 6) is -0.419. The minimum Gasteiger partial charge on any atom is -0.543 e. The number of amides is 2. The fourth-order valence-corrected chi connectivity index (χ4v) is 7.59. The van der Waals surface area contributed by atoms with Gasteiger partial charge in [-0.15, -0.1) is 0 Å². The number of hydrogen-bond donors (Lipinski definition) is 5. The molecule has 0 bridgehead atoms. The summed E-state index contributed by atoms with van der Waals surface area (Å²) in [6.07, 6.45) is -0.709. The number of sulfonamides is 1. The van der Waals surface area contributed by atoms with Crippen LogP contribution in [0.4, 0.5) is 5.69 Å². The van der Waals surface area contributed by atoms with Crippen LogP contribution >= 0.6 is 0 Å². The van der Waals surface area contributed by atoms with E-state index in [0.29, 0.717) is 13.0 Å². The quantitative estimate of drug-likeness (QED) is 0.0678. The Bertz CT molecular complexity index is 2080. The van der Waals surface area contributed by atoms with Crippen molar-refractivity contribution in [1.82, 2.24) is 16.0 Å². The summed E-state index contributed by atoms with van der Waals surface area (Å²) in [5.41, 5.74) is 4.12. The molecule has 0 radical (unpaired) electrons. The van der Waals surface area contributed by atoms with Gasteiger partial charge >= 0.3 is 0 Å². The van der Waals surface area contributed by atoms with Gasteiger partial charge in [-0.1, -0.05) is 114 Å². The first-order chi connectivity index (χ1) is 26.6. The van der Waals surface area contributed by atoms with Crippen LogP contribution in [0.2, 0.25) is 18.1 Å². The van der Waals surface area contributed by atoms with Crippen molar-refractivity contribution in [2.75, 3.05) is 17.0 Å². The van der Waals surface area contributed by atoms with Gasteiger partial charge in [-0.05, 0) is 84.8 Å². The van der Waals surface area contributed by atoms with Gasteiger partial charge in [-0.25, -0.2) is 8.42 Å². The molecule has 0 saturated carbocycles. The minimum atomic E-state index is -3.73. The van der Waals surface area contributed by atoms with E-state index in [1.54, 1.807) is 0 Å². The summed E-state index contributed by atoms with van der Waals surface area (Å²) in [6.45, 7) is 21.5. The van der Waals surface area contributed by atoms with E-state index in [2.05, 4.69) is 93.5 Å². The lowest BCUT2D eigenvalue weighted by atomic mass is 9.86. The van der Waals surface area contributed by atoms with Gasteiger partial charge in [0.15, 0.2) is 0 Å². The summed E-state index contributed by atoms with van der Waals surface area (Å²) in [4.78, 5) is 27.6. The summed E-state index contributed by atoms with van der Waals surface area (Å²) < 4.78 is 34.5. The lowest BCUT2D eigenvalue weighted by Gasteiger charge is -2.37. The molecule has 0 aliphatic carbocycles. The Morgan fingerprint density at radius 3 is 1.95 bits per heavy atom. The minimum absolute atomic E-state index is 0.00441. The van der Waals surface area contributed by atoms with Gasteiger partial charge in [0.25, 0.3) is 11.8 Å². The molecular weight excluding hydrogens is 753 g/mol. The molecule has 4 aromatic carbocycles. The van der Waals surface area contributed by atoms with E-state index in [1.165, 1.54) is 30.7 Å². The number of aliphatic hydroxyl groups excluding tert-OH is 1. The summed E-state index contributed by atoms with van der Waals surface area (Å²) in [5, 5.41) is 21.1. The van der Waals surface area contributed by atoms with Gasteiger partial charge in [0, 0.05) is 29.8 Å². The molecule has 0 fully saturated rings. The highest BCUT2D eigenvalue weighted by atomic mass is 32.2. The first-order valence-corrected chi connectivity index (χ1v) is 24.2. The van der Waals surface area contributed by atoms with Crippen LogP contribution in [-0.4, -0.2) is 58.1 Å². The Labute approximate surface area is 341 Å². The van der Waals surface area contributed by atoms with Crippen molar-refractivity contribution in [2.24, 2.45) is 0 Å². The van der Waals surface area contributed by atoms with E-state index < -0.39 is 42.3 Å². The fourth-order valence-electron chi connectivity index (χ4n) is 5.92. The number of aliphatic hydroxyl groups is 1. The second-order valence-corrected chi connectivity index (χ2v) is 24.0. The molecule has 0 aliphatic heterocycles. The van der Waals surface area contributed by atoms with Crippen molar-refractivity contribution in [1.29, 1.82) is 0 Å². The molecule has 3 atom stereocenters. The van der Waals surface area contributed by atoms with Crippen LogP contribution in [0.1, 0.15) is 104 Å². The zero-order valence-electron chi connectivity index (χ0n) is 35.2. The number of rotatable bonds is 17. The maximum absolute atomic E-state index is 14.1. The van der Waals surface area contributed by atoms with Gasteiger partial charge in [-0.2, -0.15) is 0 Å². The third-order valence-electron chi connectivity index (χ3n) is 10.6. The molecule has 2 amide bonds. The fraction of sp³-hybridized carbons (Fsp3) is 0.422. The van der Waals surface area contributed by atoms with Crippen LogP contribution in [0.25, 0.3) is 0 Å². The normalized spacial score (nSPS) is 13.9. The summed E-state index contributed by atoms with van der Waals surface area (Å²) in [7, 11) is -5.89. The lowest BCUT2D eigenvalue weighted by molar-refractivity contribution is 0.0830. The maximum atomic E-state index is 14.1. The van der Waals surface area contributed by atoms with Gasteiger partial charge in [0.1, 0.15) is 5.75 Å². The maximum Gasteiger partial charge on any atom is 0.251 e. The van der Waals surface area contributed by atoms with Crippen LogP contribution in [-0.2, 0) is 28.4 Å². The zero-order chi connectivity index (χ0) is 42.2. The van der Waals surface area contributed by atoms with Crippen molar-refractivity contribution in [3.05, 3.63) is 130 Å².